The summed E-state index contributed by atoms with van der Waals surface area (Å²) in [5.74, 6) is -0.0315. The lowest BCUT2D eigenvalue weighted by Crippen LogP contribution is -2.45. The Bertz CT molecular complexity index is 1000. The van der Waals surface area contributed by atoms with Crippen molar-refractivity contribution in [1.82, 2.24) is 5.32 Å². The van der Waals surface area contributed by atoms with Crippen molar-refractivity contribution in [3.05, 3.63) is 12.2 Å². The minimum absolute atomic E-state index is 0.0112. The highest BCUT2D eigenvalue weighted by Crippen LogP contribution is 2.18. The van der Waals surface area contributed by atoms with Crippen molar-refractivity contribution in [3.8, 4) is 0 Å². The second kappa shape index (κ2) is 57.2. The van der Waals surface area contributed by atoms with Crippen LogP contribution < -0.4 is 5.32 Å². The number of aliphatic hydroxyl groups is 2. The zero-order valence-electron chi connectivity index (χ0n) is 45.4. The van der Waals surface area contributed by atoms with Gasteiger partial charge in [-0.3, -0.25) is 9.59 Å². The molecule has 67 heavy (non-hydrogen) atoms. The predicted molar refractivity (Wildman–Crippen MR) is 292 cm³/mol. The van der Waals surface area contributed by atoms with E-state index in [2.05, 4.69) is 31.3 Å². The molecule has 0 fully saturated rings. The average molecular weight is 947 g/mol. The lowest BCUT2D eigenvalue weighted by atomic mass is 10.0. The number of aliphatic hydroxyl groups excluding tert-OH is 2. The van der Waals surface area contributed by atoms with Gasteiger partial charge in [0.25, 0.3) is 0 Å². The number of unbranched alkanes of at least 4 members (excludes halogenated alkanes) is 44. The van der Waals surface area contributed by atoms with E-state index in [1.54, 1.807) is 0 Å². The second-order valence-electron chi connectivity index (χ2n) is 21.0. The number of carbonyl (C=O) groups is 2. The van der Waals surface area contributed by atoms with Gasteiger partial charge in [-0.2, -0.15) is 0 Å². The monoisotopic (exact) mass is 946 g/mol. The lowest BCUT2D eigenvalue weighted by molar-refractivity contribution is -0.143. The van der Waals surface area contributed by atoms with Crippen molar-refractivity contribution < 1.29 is 24.5 Å². The van der Waals surface area contributed by atoms with E-state index in [0.29, 0.717) is 25.9 Å². The van der Waals surface area contributed by atoms with Crippen molar-refractivity contribution in [2.45, 2.75) is 353 Å². The van der Waals surface area contributed by atoms with E-state index >= 15 is 0 Å². The van der Waals surface area contributed by atoms with Crippen LogP contribution in [0.3, 0.4) is 0 Å². The number of hydrogen-bond acceptors (Lipinski definition) is 5. The Balaban J connectivity index is 3.39. The fourth-order valence-corrected chi connectivity index (χ4v) is 9.64. The molecule has 0 aromatic rings. The molecule has 0 aliphatic carbocycles. The molecule has 0 aromatic carbocycles. The maximum atomic E-state index is 12.4. The third-order valence-electron chi connectivity index (χ3n) is 14.3. The van der Waals surface area contributed by atoms with Crippen molar-refractivity contribution in [1.29, 1.82) is 0 Å². The summed E-state index contributed by atoms with van der Waals surface area (Å²) in [6, 6.07) is -0.546. The third kappa shape index (κ3) is 53.8. The van der Waals surface area contributed by atoms with E-state index < -0.39 is 12.1 Å². The average Bonchev–Trinajstić information content (AvgIpc) is 3.33. The number of carbonyl (C=O) groups excluding carboxylic acids is 2. The van der Waals surface area contributed by atoms with E-state index in [-0.39, 0.29) is 18.5 Å². The Kier molecular flexibility index (Phi) is 56.0. The number of rotatable bonds is 57. The van der Waals surface area contributed by atoms with Crippen LogP contribution in [-0.2, 0) is 14.3 Å². The highest BCUT2D eigenvalue weighted by molar-refractivity contribution is 5.76. The molecular weight excluding hydrogens is 827 g/mol. The van der Waals surface area contributed by atoms with Gasteiger partial charge in [0.15, 0.2) is 0 Å². The van der Waals surface area contributed by atoms with Crippen LogP contribution in [0.15, 0.2) is 12.2 Å². The van der Waals surface area contributed by atoms with Gasteiger partial charge in [0.1, 0.15) is 0 Å². The molecule has 2 unspecified atom stereocenters. The fraction of sp³-hybridized carbons (Fsp3) is 0.934. The van der Waals surface area contributed by atoms with Crippen molar-refractivity contribution >= 4 is 11.9 Å². The number of hydrogen-bond donors (Lipinski definition) is 3. The van der Waals surface area contributed by atoms with Gasteiger partial charge >= 0.3 is 5.97 Å². The first kappa shape index (κ1) is 65.6. The van der Waals surface area contributed by atoms with Crippen LogP contribution in [0.1, 0.15) is 341 Å². The first-order valence-corrected chi connectivity index (χ1v) is 30.4. The molecule has 0 aromatic heterocycles. The molecule has 0 aliphatic heterocycles. The number of nitrogens with one attached hydrogen (secondary N) is 1. The van der Waals surface area contributed by atoms with Crippen molar-refractivity contribution in [2.24, 2.45) is 0 Å². The number of amides is 1. The Labute approximate surface area is 419 Å². The van der Waals surface area contributed by atoms with Gasteiger partial charge in [-0.25, -0.2) is 0 Å². The third-order valence-corrected chi connectivity index (χ3v) is 14.3. The first-order valence-electron chi connectivity index (χ1n) is 30.4. The van der Waals surface area contributed by atoms with E-state index in [4.69, 9.17) is 4.74 Å². The van der Waals surface area contributed by atoms with Gasteiger partial charge in [0.2, 0.25) is 5.91 Å². The topological polar surface area (TPSA) is 95.9 Å². The molecule has 0 radical (unpaired) electrons. The van der Waals surface area contributed by atoms with Crippen molar-refractivity contribution in [3.63, 3.8) is 0 Å². The fourth-order valence-electron chi connectivity index (χ4n) is 9.64. The number of ether oxygens (including phenoxy) is 1. The Hall–Kier alpha value is -1.40. The molecule has 1 amide bonds. The Morgan fingerprint density at radius 2 is 0.701 bits per heavy atom. The summed E-state index contributed by atoms with van der Waals surface area (Å²) < 4.78 is 5.49. The summed E-state index contributed by atoms with van der Waals surface area (Å²) in [6.07, 6.45) is 67.9. The molecule has 0 bridgehead atoms. The SMILES string of the molecule is CCCCCCCCCCCCCCCCCCCCC(=O)OCCCCCCCCCCC/C=C\CCCCCCCCCC(=O)NC(CO)C(O)CCCCCCCCCCCCCC. The summed E-state index contributed by atoms with van der Waals surface area (Å²) in [7, 11) is 0. The van der Waals surface area contributed by atoms with E-state index in [1.807, 2.05) is 0 Å². The molecule has 0 aliphatic rings. The highest BCUT2D eigenvalue weighted by atomic mass is 16.5. The van der Waals surface area contributed by atoms with Gasteiger partial charge < -0.3 is 20.3 Å². The van der Waals surface area contributed by atoms with Crippen LogP contribution in [0.5, 0.6) is 0 Å². The number of esters is 1. The van der Waals surface area contributed by atoms with Crippen LogP contribution in [0, 0.1) is 0 Å². The molecule has 6 heteroatoms. The quantitative estimate of drug-likeness (QED) is 0.0321. The predicted octanol–water partition coefficient (Wildman–Crippen LogP) is 18.9. The van der Waals surface area contributed by atoms with Crippen LogP contribution in [-0.4, -0.2) is 47.4 Å². The van der Waals surface area contributed by atoms with Crippen LogP contribution in [0.4, 0.5) is 0 Å². The zero-order chi connectivity index (χ0) is 48.6. The minimum Gasteiger partial charge on any atom is -0.466 e. The largest absolute Gasteiger partial charge is 0.466 e. The molecule has 0 heterocycles. The summed E-state index contributed by atoms with van der Waals surface area (Å²) in [6.45, 7) is 4.96. The van der Waals surface area contributed by atoms with E-state index in [0.717, 1.165) is 38.5 Å². The van der Waals surface area contributed by atoms with Gasteiger partial charge in [-0.1, -0.05) is 289 Å². The number of allylic oxidation sites excluding steroid dienone is 2. The highest BCUT2D eigenvalue weighted by Gasteiger charge is 2.20. The molecule has 0 spiro atoms. The van der Waals surface area contributed by atoms with Crippen LogP contribution in [0.2, 0.25) is 0 Å². The molecule has 2 atom stereocenters. The van der Waals surface area contributed by atoms with E-state index in [9.17, 15) is 19.8 Å². The van der Waals surface area contributed by atoms with Crippen LogP contribution in [0.25, 0.3) is 0 Å². The molecule has 0 rings (SSSR count). The summed E-state index contributed by atoms with van der Waals surface area (Å²) in [5, 5.41) is 23.2. The summed E-state index contributed by atoms with van der Waals surface area (Å²) >= 11 is 0. The van der Waals surface area contributed by atoms with Crippen LogP contribution >= 0.6 is 0 Å². The second-order valence-corrected chi connectivity index (χ2v) is 21.0. The Morgan fingerprint density at radius 3 is 1.06 bits per heavy atom. The standard InChI is InChI=1S/C61H119NO5/c1-3-5-7-9-11-13-15-17-18-19-25-28-31-35-39-43-47-51-55-61(66)67-56-52-48-44-40-36-32-29-26-23-21-20-22-24-27-30-34-38-42-46-50-54-60(65)62-58(57-63)59(64)53-49-45-41-37-33-16-14-12-10-8-6-4-2/h20,22,58-59,63-64H,3-19,21,23-57H2,1-2H3,(H,62,65)/b22-20-. The van der Waals surface area contributed by atoms with Gasteiger partial charge in [-0.05, 0) is 51.4 Å². The lowest BCUT2D eigenvalue weighted by Gasteiger charge is -2.22. The maximum Gasteiger partial charge on any atom is 0.305 e. The smallest absolute Gasteiger partial charge is 0.305 e. The normalized spacial score (nSPS) is 12.6. The molecule has 398 valence electrons. The minimum atomic E-state index is -0.668. The van der Waals surface area contributed by atoms with E-state index in [1.165, 1.54) is 270 Å². The first-order chi connectivity index (χ1) is 33.0. The summed E-state index contributed by atoms with van der Waals surface area (Å²) in [4.78, 5) is 24.5. The summed E-state index contributed by atoms with van der Waals surface area (Å²) in [5.41, 5.74) is 0. The zero-order valence-corrected chi connectivity index (χ0v) is 45.4. The Morgan fingerprint density at radius 1 is 0.403 bits per heavy atom. The van der Waals surface area contributed by atoms with Gasteiger partial charge in [0.05, 0.1) is 25.4 Å². The molecular formula is C61H119NO5. The van der Waals surface area contributed by atoms with Gasteiger partial charge in [0, 0.05) is 12.8 Å². The molecule has 3 N–H and O–H groups in total. The molecule has 0 saturated heterocycles. The molecule has 0 saturated carbocycles. The van der Waals surface area contributed by atoms with Gasteiger partial charge in [-0.15, -0.1) is 0 Å². The maximum absolute atomic E-state index is 12.4. The van der Waals surface area contributed by atoms with Crippen molar-refractivity contribution in [2.75, 3.05) is 13.2 Å². The molecule has 6 nitrogen and oxygen atoms in total.